The van der Waals surface area contributed by atoms with Crippen molar-refractivity contribution in [3.05, 3.63) is 54.4 Å². The highest BCUT2D eigenvalue weighted by Gasteiger charge is 2.17. The summed E-state index contributed by atoms with van der Waals surface area (Å²) in [4.78, 5) is 19.5. The van der Waals surface area contributed by atoms with Crippen LogP contribution < -0.4 is 20.5 Å². The third-order valence-corrected chi connectivity index (χ3v) is 4.46. The van der Waals surface area contributed by atoms with Crippen LogP contribution >= 0.6 is 0 Å². The van der Waals surface area contributed by atoms with Crippen LogP contribution in [0.2, 0.25) is 0 Å². The van der Waals surface area contributed by atoms with E-state index in [1.165, 1.54) is 6.20 Å². The highest BCUT2D eigenvalue weighted by atomic mass is 16.5. The molecular formula is C20H18N4O3. The summed E-state index contributed by atoms with van der Waals surface area (Å²) in [5.74, 6) is 0.530. The van der Waals surface area contributed by atoms with Gasteiger partial charge >= 0.3 is 0 Å². The van der Waals surface area contributed by atoms with Gasteiger partial charge in [-0.3, -0.25) is 9.78 Å². The van der Waals surface area contributed by atoms with E-state index in [1.54, 1.807) is 26.4 Å². The zero-order chi connectivity index (χ0) is 19.0. The van der Waals surface area contributed by atoms with Crippen molar-refractivity contribution in [3.8, 4) is 11.5 Å². The quantitative estimate of drug-likeness (QED) is 0.504. The molecule has 4 aromatic rings. The number of aromatic amines is 1. The molecule has 0 saturated carbocycles. The van der Waals surface area contributed by atoms with Crippen LogP contribution in [0.3, 0.4) is 0 Å². The number of H-pyrrole nitrogens is 1. The fraction of sp³-hybridized carbons (Fsp3) is 0.100. The molecule has 2 aromatic heterocycles. The molecule has 4 rings (SSSR count). The van der Waals surface area contributed by atoms with E-state index in [2.05, 4.69) is 15.3 Å². The number of aromatic nitrogens is 2. The molecule has 136 valence electrons. The van der Waals surface area contributed by atoms with Crippen molar-refractivity contribution < 1.29 is 14.3 Å². The van der Waals surface area contributed by atoms with Gasteiger partial charge in [-0.15, -0.1) is 0 Å². The van der Waals surface area contributed by atoms with Crippen molar-refractivity contribution >= 4 is 39.1 Å². The number of methoxy groups -OCH3 is 2. The number of carbonyl (C=O) groups is 1. The summed E-state index contributed by atoms with van der Waals surface area (Å²) in [6, 6.07) is 11.4. The summed E-state index contributed by atoms with van der Waals surface area (Å²) in [6.45, 7) is 0. The molecule has 27 heavy (non-hydrogen) atoms. The van der Waals surface area contributed by atoms with Gasteiger partial charge in [-0.2, -0.15) is 0 Å². The minimum atomic E-state index is -0.567. The molecule has 0 radical (unpaired) electrons. The minimum absolute atomic E-state index is 0.293. The van der Waals surface area contributed by atoms with Crippen LogP contribution in [-0.2, 0) is 0 Å². The van der Waals surface area contributed by atoms with Gasteiger partial charge in [0.15, 0.2) is 11.5 Å². The lowest BCUT2D eigenvalue weighted by Gasteiger charge is -2.15. The van der Waals surface area contributed by atoms with E-state index in [4.69, 9.17) is 15.2 Å². The molecule has 0 aliphatic rings. The number of amides is 1. The summed E-state index contributed by atoms with van der Waals surface area (Å²) < 4.78 is 10.7. The zero-order valence-corrected chi connectivity index (χ0v) is 14.9. The summed E-state index contributed by atoms with van der Waals surface area (Å²) in [5, 5.41) is 5.11. The van der Waals surface area contributed by atoms with E-state index in [0.717, 1.165) is 16.6 Å². The number of nitrogens with two attached hydrogens (primary N) is 1. The van der Waals surface area contributed by atoms with E-state index in [1.807, 2.05) is 30.5 Å². The fourth-order valence-corrected chi connectivity index (χ4v) is 3.11. The highest BCUT2D eigenvalue weighted by Crippen LogP contribution is 2.37. The predicted molar refractivity (Wildman–Crippen MR) is 105 cm³/mol. The molecule has 7 heteroatoms. The molecule has 0 atom stereocenters. The molecular weight excluding hydrogens is 344 g/mol. The van der Waals surface area contributed by atoms with Crippen molar-refractivity contribution in [2.45, 2.75) is 0 Å². The van der Waals surface area contributed by atoms with Crippen LogP contribution in [0.4, 0.5) is 11.4 Å². The third kappa shape index (κ3) is 2.89. The smallest absolute Gasteiger partial charge is 0.252 e. The Balaban J connectivity index is 1.92. The van der Waals surface area contributed by atoms with Crippen LogP contribution in [0, 0.1) is 0 Å². The Bertz CT molecular complexity index is 1170. The fourth-order valence-electron chi connectivity index (χ4n) is 3.11. The Kier molecular flexibility index (Phi) is 4.04. The number of carbonyl (C=O) groups excluding carboxylic acids is 1. The molecule has 1 amide bonds. The number of ether oxygens (including phenoxy) is 2. The Morgan fingerprint density at radius 2 is 1.89 bits per heavy atom. The first-order chi connectivity index (χ1) is 13.1. The lowest BCUT2D eigenvalue weighted by atomic mass is 10.1. The number of pyridine rings is 1. The van der Waals surface area contributed by atoms with Crippen LogP contribution in [0.1, 0.15) is 10.4 Å². The zero-order valence-electron chi connectivity index (χ0n) is 14.9. The largest absolute Gasteiger partial charge is 0.493 e. The second-order valence-corrected chi connectivity index (χ2v) is 6.04. The van der Waals surface area contributed by atoms with Gasteiger partial charge in [-0.25, -0.2) is 0 Å². The molecule has 2 heterocycles. The average molecular weight is 362 g/mol. The molecule has 7 nitrogen and oxygen atoms in total. The summed E-state index contributed by atoms with van der Waals surface area (Å²) >= 11 is 0. The van der Waals surface area contributed by atoms with Crippen LogP contribution in [-0.4, -0.2) is 30.1 Å². The van der Waals surface area contributed by atoms with Gasteiger partial charge < -0.3 is 25.5 Å². The maximum absolute atomic E-state index is 12.0. The molecule has 4 N–H and O–H groups in total. The highest BCUT2D eigenvalue weighted by molar-refractivity contribution is 6.08. The second kappa shape index (κ2) is 6.53. The first-order valence-electron chi connectivity index (χ1n) is 8.29. The maximum Gasteiger partial charge on any atom is 0.252 e. The van der Waals surface area contributed by atoms with Crippen LogP contribution in [0.15, 0.2) is 48.8 Å². The van der Waals surface area contributed by atoms with Gasteiger partial charge in [-0.1, -0.05) is 6.07 Å². The first kappa shape index (κ1) is 16.7. The van der Waals surface area contributed by atoms with Gasteiger partial charge in [0.2, 0.25) is 0 Å². The van der Waals surface area contributed by atoms with Crippen LogP contribution in [0.25, 0.3) is 21.8 Å². The topological polar surface area (TPSA) is 102 Å². The van der Waals surface area contributed by atoms with Gasteiger partial charge in [0.25, 0.3) is 5.91 Å². The number of rotatable bonds is 5. The van der Waals surface area contributed by atoms with Crippen molar-refractivity contribution in [1.29, 1.82) is 0 Å². The molecule has 0 aliphatic heterocycles. The number of hydrogen-bond donors (Lipinski definition) is 3. The van der Waals surface area contributed by atoms with Gasteiger partial charge in [0.05, 0.1) is 31.0 Å². The number of benzene rings is 2. The molecule has 2 aromatic carbocycles. The van der Waals surface area contributed by atoms with Gasteiger partial charge in [0, 0.05) is 35.1 Å². The second-order valence-electron chi connectivity index (χ2n) is 6.04. The van der Waals surface area contributed by atoms with E-state index >= 15 is 0 Å². The number of hydrogen-bond acceptors (Lipinski definition) is 5. The summed E-state index contributed by atoms with van der Waals surface area (Å²) in [5.41, 5.74) is 8.89. The summed E-state index contributed by atoms with van der Waals surface area (Å²) in [6.07, 6.45) is 3.34. The standard InChI is InChI=1S/C20H18N4O3/c1-26-17-8-13-16(9-18(17)27-2)23-10-14(20(21)25)19(13)24-12-4-3-11-5-6-22-15(11)7-12/h3-10,22H,1-2H3,(H2,21,25)(H,23,24). The third-order valence-electron chi connectivity index (χ3n) is 4.46. The normalized spacial score (nSPS) is 10.9. The lowest BCUT2D eigenvalue weighted by molar-refractivity contribution is 0.100. The van der Waals surface area contributed by atoms with Crippen molar-refractivity contribution in [2.75, 3.05) is 19.5 Å². The first-order valence-corrected chi connectivity index (χ1v) is 8.29. The number of nitrogens with one attached hydrogen (secondary N) is 2. The molecule has 0 saturated heterocycles. The Hall–Kier alpha value is -3.74. The van der Waals surface area contributed by atoms with Gasteiger partial charge in [-0.05, 0) is 29.7 Å². The van der Waals surface area contributed by atoms with Crippen LogP contribution in [0.5, 0.6) is 11.5 Å². The maximum atomic E-state index is 12.0. The van der Waals surface area contributed by atoms with Crippen molar-refractivity contribution in [1.82, 2.24) is 9.97 Å². The van der Waals surface area contributed by atoms with E-state index in [0.29, 0.717) is 33.7 Å². The van der Waals surface area contributed by atoms with Gasteiger partial charge in [0.1, 0.15) is 0 Å². The monoisotopic (exact) mass is 362 g/mol. The molecule has 0 spiro atoms. The molecule has 0 bridgehead atoms. The Morgan fingerprint density at radius 3 is 2.63 bits per heavy atom. The number of fused-ring (bicyclic) bond motifs is 2. The average Bonchev–Trinajstić information content (AvgIpc) is 3.14. The van der Waals surface area contributed by atoms with E-state index < -0.39 is 5.91 Å². The van der Waals surface area contributed by atoms with E-state index in [-0.39, 0.29) is 0 Å². The number of nitrogens with zero attached hydrogens (tertiary/aromatic N) is 1. The van der Waals surface area contributed by atoms with E-state index in [9.17, 15) is 4.79 Å². The molecule has 0 fully saturated rings. The number of primary amides is 1. The van der Waals surface area contributed by atoms with Crippen molar-refractivity contribution in [3.63, 3.8) is 0 Å². The Labute approximate surface area is 155 Å². The minimum Gasteiger partial charge on any atom is -0.493 e. The lowest BCUT2D eigenvalue weighted by Crippen LogP contribution is -2.14. The predicted octanol–water partition coefficient (Wildman–Crippen LogP) is 3.58. The SMILES string of the molecule is COc1cc2ncc(C(N)=O)c(Nc3ccc4cc[nH]c4c3)c2cc1OC. The summed E-state index contributed by atoms with van der Waals surface area (Å²) in [7, 11) is 3.12. The molecule has 0 aliphatic carbocycles. The molecule has 0 unspecified atom stereocenters. The van der Waals surface area contributed by atoms with Crippen molar-refractivity contribution in [2.24, 2.45) is 5.73 Å². The number of anilines is 2. The Morgan fingerprint density at radius 1 is 1.11 bits per heavy atom.